The highest BCUT2D eigenvalue weighted by Gasteiger charge is 2.32. The Morgan fingerprint density at radius 1 is 0.969 bits per heavy atom. The summed E-state index contributed by atoms with van der Waals surface area (Å²) in [6.45, 7) is 25.9. The highest BCUT2D eigenvalue weighted by Crippen LogP contribution is 2.40. The Labute approximate surface area is 199 Å². The van der Waals surface area contributed by atoms with Crippen LogP contribution in [-0.2, 0) is 19.4 Å². The molecule has 0 N–H and O–H groups in total. The van der Waals surface area contributed by atoms with E-state index in [-0.39, 0.29) is 0 Å². The van der Waals surface area contributed by atoms with E-state index in [1.165, 1.54) is 78.6 Å². The van der Waals surface area contributed by atoms with E-state index < -0.39 is 0 Å². The van der Waals surface area contributed by atoms with E-state index in [1.807, 2.05) is 0 Å². The van der Waals surface area contributed by atoms with E-state index >= 15 is 0 Å². The summed E-state index contributed by atoms with van der Waals surface area (Å²) in [6, 6.07) is 4.94. The minimum absolute atomic E-state index is 0.599. The van der Waals surface area contributed by atoms with Crippen LogP contribution in [0, 0.1) is 5.41 Å². The number of rotatable bonds is 10. The molecule has 0 spiro atoms. The Bertz CT molecular complexity index is 818. The predicted molar refractivity (Wildman–Crippen MR) is 144 cm³/mol. The topological polar surface area (TPSA) is 3.24 Å². The van der Waals surface area contributed by atoms with Gasteiger partial charge in [0.2, 0.25) is 0 Å². The Hall–Kier alpha value is -1.60. The van der Waals surface area contributed by atoms with Gasteiger partial charge < -0.3 is 0 Å². The first-order valence-electron chi connectivity index (χ1n) is 13.1. The number of aryl methyl sites for hydroxylation is 2. The molecule has 0 radical (unpaired) electrons. The first kappa shape index (κ1) is 26.7. The number of piperidine rings is 1. The third kappa shape index (κ3) is 6.04. The summed E-state index contributed by atoms with van der Waals surface area (Å²) in [5.41, 5.74) is 11.8. The van der Waals surface area contributed by atoms with Crippen molar-refractivity contribution in [2.24, 2.45) is 5.41 Å². The summed E-state index contributed by atoms with van der Waals surface area (Å²) in [4.78, 5) is 2.73. The van der Waals surface area contributed by atoms with Crippen molar-refractivity contribution in [1.29, 1.82) is 0 Å². The lowest BCUT2D eigenvalue weighted by Crippen LogP contribution is -2.39. The van der Waals surface area contributed by atoms with Crippen molar-refractivity contribution in [1.82, 2.24) is 4.90 Å². The van der Waals surface area contributed by atoms with Crippen LogP contribution in [0.15, 0.2) is 41.5 Å². The lowest BCUT2D eigenvalue weighted by atomic mass is 9.73. The van der Waals surface area contributed by atoms with E-state index in [2.05, 4.69) is 85.1 Å². The van der Waals surface area contributed by atoms with Crippen LogP contribution in [0.4, 0.5) is 0 Å². The zero-order chi connectivity index (χ0) is 23.9. The zero-order valence-corrected chi connectivity index (χ0v) is 22.5. The lowest BCUT2D eigenvalue weighted by Gasteiger charge is -2.42. The fourth-order valence-corrected chi connectivity index (χ4v) is 5.63. The molecule has 1 aliphatic heterocycles. The molecule has 1 heteroatoms. The number of allylic oxidation sites excluding steroid dienone is 5. The first-order chi connectivity index (χ1) is 15.2. The van der Waals surface area contributed by atoms with Crippen molar-refractivity contribution in [2.45, 2.75) is 107 Å². The Kier molecular flexibility index (Phi) is 10.0. The molecule has 1 saturated heterocycles. The standard InChI is InChI=1S/C31H49N/c1-10-15-31(14-5)16-18-32(19-17-31)22-30-26(11-2)20-28(21-27(30)12-3)29(13-4)25(9)24(8)23(6)7/h13,20-21H,6,10-12,14-19,22H2,1-5,7-9H3/b25-24-,29-13+. The van der Waals surface area contributed by atoms with Gasteiger partial charge in [-0.15, -0.1) is 0 Å². The fraction of sp³-hybridized carbons (Fsp3) is 0.613. The molecule has 1 aromatic carbocycles. The van der Waals surface area contributed by atoms with Gasteiger partial charge in [0.05, 0.1) is 0 Å². The van der Waals surface area contributed by atoms with Crippen LogP contribution < -0.4 is 0 Å². The van der Waals surface area contributed by atoms with Crippen LogP contribution in [-0.4, -0.2) is 18.0 Å². The molecule has 1 heterocycles. The Morgan fingerprint density at radius 2 is 1.53 bits per heavy atom. The average molecular weight is 436 g/mol. The van der Waals surface area contributed by atoms with Crippen LogP contribution in [0.2, 0.25) is 0 Å². The minimum atomic E-state index is 0.599. The molecule has 1 nitrogen and oxygen atoms in total. The second kappa shape index (κ2) is 12.0. The molecule has 1 aromatic rings. The molecule has 0 unspecified atom stereocenters. The van der Waals surface area contributed by atoms with Gasteiger partial charge in [0.25, 0.3) is 0 Å². The fourth-order valence-electron chi connectivity index (χ4n) is 5.63. The van der Waals surface area contributed by atoms with Crippen molar-refractivity contribution < 1.29 is 0 Å². The molecule has 0 aromatic heterocycles. The summed E-state index contributed by atoms with van der Waals surface area (Å²) in [6.07, 6.45) is 11.3. The quantitative estimate of drug-likeness (QED) is 0.331. The predicted octanol–water partition coefficient (Wildman–Crippen LogP) is 8.92. The number of hydrogen-bond acceptors (Lipinski definition) is 1. The number of hydrogen-bond donors (Lipinski definition) is 0. The van der Waals surface area contributed by atoms with Crippen LogP contribution in [0.5, 0.6) is 0 Å². The molecule has 32 heavy (non-hydrogen) atoms. The lowest BCUT2D eigenvalue weighted by molar-refractivity contribution is 0.0856. The van der Waals surface area contributed by atoms with E-state index in [0.717, 1.165) is 25.0 Å². The van der Waals surface area contributed by atoms with Gasteiger partial charge in [-0.05, 0) is 117 Å². The highest BCUT2D eigenvalue weighted by molar-refractivity contribution is 5.81. The second-order valence-corrected chi connectivity index (χ2v) is 10.1. The van der Waals surface area contributed by atoms with E-state index in [4.69, 9.17) is 0 Å². The maximum atomic E-state index is 4.17. The molecule has 0 saturated carbocycles. The highest BCUT2D eigenvalue weighted by atomic mass is 15.1. The SMILES string of the molecule is C=C(C)/C(C)=C(C)\C(=C/C)c1cc(CC)c(CN2CCC(CC)(CCC)CC2)c(CC)c1. The molecule has 0 amide bonds. The van der Waals surface area contributed by atoms with Gasteiger partial charge >= 0.3 is 0 Å². The van der Waals surface area contributed by atoms with Crippen LogP contribution >= 0.6 is 0 Å². The van der Waals surface area contributed by atoms with Crippen molar-refractivity contribution in [3.05, 3.63) is 63.8 Å². The van der Waals surface area contributed by atoms with Gasteiger partial charge in [-0.25, -0.2) is 0 Å². The normalized spacial score (nSPS) is 17.9. The molecule has 0 bridgehead atoms. The third-order valence-electron chi connectivity index (χ3n) is 8.23. The van der Waals surface area contributed by atoms with Crippen LogP contribution in [0.1, 0.15) is 110 Å². The Morgan fingerprint density at radius 3 is 1.94 bits per heavy atom. The molecule has 2 rings (SSSR count). The van der Waals surface area contributed by atoms with Gasteiger partial charge in [0.1, 0.15) is 0 Å². The molecular formula is C31H49N. The van der Waals surface area contributed by atoms with Crippen LogP contribution in [0.25, 0.3) is 5.57 Å². The molecule has 0 atom stereocenters. The second-order valence-electron chi connectivity index (χ2n) is 10.1. The monoisotopic (exact) mass is 435 g/mol. The average Bonchev–Trinajstić information content (AvgIpc) is 2.80. The summed E-state index contributed by atoms with van der Waals surface area (Å²) >= 11 is 0. The van der Waals surface area contributed by atoms with Crippen molar-refractivity contribution in [3.8, 4) is 0 Å². The number of benzene rings is 1. The van der Waals surface area contributed by atoms with Gasteiger partial charge in [-0.2, -0.15) is 0 Å². The summed E-state index contributed by atoms with van der Waals surface area (Å²) < 4.78 is 0. The molecular weight excluding hydrogens is 386 g/mol. The smallest absolute Gasteiger partial charge is 0.0239 e. The molecule has 178 valence electrons. The van der Waals surface area contributed by atoms with Crippen molar-refractivity contribution in [3.63, 3.8) is 0 Å². The molecule has 0 aliphatic carbocycles. The van der Waals surface area contributed by atoms with Crippen molar-refractivity contribution in [2.75, 3.05) is 13.1 Å². The number of nitrogens with zero attached hydrogens (tertiary/aromatic N) is 1. The van der Waals surface area contributed by atoms with Gasteiger partial charge in [-0.3, -0.25) is 4.90 Å². The minimum Gasteiger partial charge on any atom is -0.299 e. The maximum Gasteiger partial charge on any atom is 0.0239 e. The Balaban J connectivity index is 2.35. The van der Waals surface area contributed by atoms with Crippen LogP contribution in [0.3, 0.4) is 0 Å². The van der Waals surface area contributed by atoms with Gasteiger partial charge in [0, 0.05) is 6.54 Å². The summed E-state index contributed by atoms with van der Waals surface area (Å²) in [7, 11) is 0. The van der Waals surface area contributed by atoms with Gasteiger partial charge in [0.15, 0.2) is 0 Å². The van der Waals surface area contributed by atoms with Crippen molar-refractivity contribution >= 4 is 5.57 Å². The van der Waals surface area contributed by atoms with E-state index in [9.17, 15) is 0 Å². The first-order valence-corrected chi connectivity index (χ1v) is 13.1. The molecule has 1 fully saturated rings. The number of likely N-dealkylation sites (tertiary alicyclic amines) is 1. The maximum absolute atomic E-state index is 4.17. The molecule has 1 aliphatic rings. The summed E-state index contributed by atoms with van der Waals surface area (Å²) in [5.74, 6) is 0. The van der Waals surface area contributed by atoms with Gasteiger partial charge in [-0.1, -0.05) is 70.9 Å². The van der Waals surface area contributed by atoms with E-state index in [0.29, 0.717) is 5.41 Å². The zero-order valence-electron chi connectivity index (χ0n) is 22.5. The third-order valence-corrected chi connectivity index (χ3v) is 8.23. The largest absolute Gasteiger partial charge is 0.299 e. The summed E-state index contributed by atoms with van der Waals surface area (Å²) in [5, 5.41) is 0. The van der Waals surface area contributed by atoms with E-state index in [1.54, 1.807) is 5.56 Å².